The Morgan fingerprint density at radius 3 is 2.67 bits per heavy atom. The molecule has 1 N–H and O–H groups in total. The Labute approximate surface area is 159 Å². The molecule has 8 nitrogen and oxygen atoms in total. The second-order valence-electron chi connectivity index (χ2n) is 8.51. The second kappa shape index (κ2) is 6.90. The molecule has 1 aliphatic carbocycles. The molecule has 1 saturated carbocycles. The number of carbonyl (C=O) groups is 1. The first kappa shape index (κ1) is 19.3. The van der Waals surface area contributed by atoms with E-state index in [2.05, 4.69) is 5.32 Å². The fourth-order valence-electron chi connectivity index (χ4n) is 4.05. The third kappa shape index (κ3) is 4.09. The molecular formula is C19H27N3O5. The molecule has 1 saturated heterocycles. The average Bonchev–Trinajstić information content (AvgIpc) is 2.98. The van der Waals surface area contributed by atoms with Gasteiger partial charge in [-0.15, -0.1) is 0 Å². The van der Waals surface area contributed by atoms with E-state index in [1.807, 2.05) is 20.8 Å². The minimum atomic E-state index is -0.498. The number of hydrogen-bond donors (Lipinski definition) is 1. The van der Waals surface area contributed by atoms with Gasteiger partial charge in [0, 0.05) is 19.1 Å². The number of nitrogens with one attached hydrogen (secondary N) is 1. The summed E-state index contributed by atoms with van der Waals surface area (Å²) in [6.45, 7) is 6.96. The zero-order chi connectivity index (χ0) is 19.8. The maximum absolute atomic E-state index is 12.3. The van der Waals surface area contributed by atoms with Gasteiger partial charge in [0.05, 0.1) is 12.0 Å². The molecule has 3 rings (SSSR count). The molecule has 1 heterocycles. The normalized spacial score (nSPS) is 24.4. The SMILES string of the molecule is COc1cccc(NC2CC3(CCN(C(=O)OC(C)(C)C)C3)C2)c1[N+](=O)[O-]. The smallest absolute Gasteiger partial charge is 0.410 e. The molecule has 2 aliphatic rings. The molecule has 1 aliphatic heterocycles. The number of likely N-dealkylation sites (tertiary alicyclic amines) is 1. The number of nitro groups is 1. The quantitative estimate of drug-likeness (QED) is 0.633. The minimum absolute atomic E-state index is 0.0391. The van der Waals surface area contributed by atoms with Crippen LogP contribution >= 0.6 is 0 Å². The zero-order valence-corrected chi connectivity index (χ0v) is 16.3. The Bertz CT molecular complexity index is 737. The highest BCUT2D eigenvalue weighted by atomic mass is 16.6. The standard InChI is InChI=1S/C19H27N3O5/c1-18(2,3)27-17(23)21-9-8-19(12-21)10-13(11-19)20-14-6-5-7-15(26-4)16(14)22(24)25/h5-7,13,20H,8-12H2,1-4H3. The highest BCUT2D eigenvalue weighted by Gasteiger charge is 2.50. The van der Waals surface area contributed by atoms with Crippen molar-refractivity contribution >= 4 is 17.5 Å². The third-order valence-electron chi connectivity index (χ3n) is 5.21. The number of nitrogens with zero attached hydrogens (tertiary/aromatic N) is 2. The molecule has 1 amide bonds. The van der Waals surface area contributed by atoms with E-state index in [0.717, 1.165) is 19.3 Å². The van der Waals surface area contributed by atoms with Crippen molar-refractivity contribution in [2.45, 2.75) is 51.7 Å². The highest BCUT2D eigenvalue weighted by molar-refractivity contribution is 5.70. The van der Waals surface area contributed by atoms with Gasteiger partial charge in [-0.3, -0.25) is 10.1 Å². The van der Waals surface area contributed by atoms with Gasteiger partial charge < -0.3 is 19.7 Å². The van der Waals surface area contributed by atoms with Crippen LogP contribution in [-0.4, -0.2) is 47.8 Å². The number of anilines is 1. The van der Waals surface area contributed by atoms with E-state index in [1.54, 1.807) is 23.1 Å². The van der Waals surface area contributed by atoms with Crippen molar-refractivity contribution in [2.75, 3.05) is 25.5 Å². The Hall–Kier alpha value is -2.51. The van der Waals surface area contributed by atoms with Crippen LogP contribution in [0.25, 0.3) is 0 Å². The van der Waals surface area contributed by atoms with Crippen LogP contribution in [0.2, 0.25) is 0 Å². The number of carbonyl (C=O) groups excluding carboxylic acids is 1. The molecule has 0 radical (unpaired) electrons. The average molecular weight is 377 g/mol. The van der Waals surface area contributed by atoms with Crippen molar-refractivity contribution in [3.05, 3.63) is 28.3 Å². The largest absolute Gasteiger partial charge is 0.490 e. The van der Waals surface area contributed by atoms with Crippen LogP contribution in [-0.2, 0) is 4.74 Å². The summed E-state index contributed by atoms with van der Waals surface area (Å²) in [5, 5.41) is 14.7. The second-order valence-corrected chi connectivity index (χ2v) is 8.51. The Morgan fingerprint density at radius 2 is 2.07 bits per heavy atom. The minimum Gasteiger partial charge on any atom is -0.490 e. The lowest BCUT2D eigenvalue weighted by molar-refractivity contribution is -0.384. The number of amides is 1. The van der Waals surface area contributed by atoms with Gasteiger partial charge in [-0.05, 0) is 57.6 Å². The van der Waals surface area contributed by atoms with Crippen molar-refractivity contribution in [1.29, 1.82) is 0 Å². The molecule has 0 unspecified atom stereocenters. The van der Waals surface area contributed by atoms with E-state index in [-0.39, 0.29) is 29.0 Å². The Kier molecular flexibility index (Phi) is 4.92. The van der Waals surface area contributed by atoms with Crippen LogP contribution < -0.4 is 10.1 Å². The molecule has 148 valence electrons. The monoisotopic (exact) mass is 377 g/mol. The molecule has 1 aromatic rings. The molecular weight excluding hydrogens is 350 g/mol. The van der Waals surface area contributed by atoms with E-state index in [9.17, 15) is 14.9 Å². The fourth-order valence-corrected chi connectivity index (χ4v) is 4.05. The van der Waals surface area contributed by atoms with Crippen LogP contribution in [0.1, 0.15) is 40.0 Å². The lowest BCUT2D eigenvalue weighted by Crippen LogP contribution is -2.47. The fraction of sp³-hybridized carbons (Fsp3) is 0.632. The summed E-state index contributed by atoms with van der Waals surface area (Å²) in [4.78, 5) is 25.0. The van der Waals surface area contributed by atoms with Crippen LogP contribution in [0.3, 0.4) is 0 Å². The maximum atomic E-state index is 12.3. The number of ether oxygens (including phenoxy) is 2. The molecule has 8 heteroatoms. The molecule has 2 fully saturated rings. The first-order valence-corrected chi connectivity index (χ1v) is 9.18. The number of hydrogen-bond acceptors (Lipinski definition) is 6. The van der Waals surface area contributed by atoms with Gasteiger partial charge in [0.1, 0.15) is 11.3 Å². The van der Waals surface area contributed by atoms with Gasteiger partial charge in [-0.1, -0.05) is 6.07 Å². The van der Waals surface area contributed by atoms with Crippen molar-refractivity contribution in [3.63, 3.8) is 0 Å². The topological polar surface area (TPSA) is 93.9 Å². The first-order valence-electron chi connectivity index (χ1n) is 9.18. The van der Waals surface area contributed by atoms with Crippen molar-refractivity contribution < 1.29 is 19.2 Å². The molecule has 0 aromatic heterocycles. The molecule has 1 spiro atoms. The molecule has 1 aromatic carbocycles. The van der Waals surface area contributed by atoms with Crippen molar-refractivity contribution in [1.82, 2.24) is 4.90 Å². The molecule has 0 atom stereocenters. The lowest BCUT2D eigenvalue weighted by atomic mass is 9.65. The predicted molar refractivity (Wildman–Crippen MR) is 101 cm³/mol. The van der Waals surface area contributed by atoms with Crippen LogP contribution in [0.5, 0.6) is 5.75 Å². The van der Waals surface area contributed by atoms with Crippen molar-refractivity contribution in [2.24, 2.45) is 5.41 Å². The van der Waals surface area contributed by atoms with Crippen LogP contribution in [0.15, 0.2) is 18.2 Å². The van der Waals surface area contributed by atoms with Gasteiger partial charge in [-0.2, -0.15) is 0 Å². The van der Waals surface area contributed by atoms with E-state index in [4.69, 9.17) is 9.47 Å². The summed E-state index contributed by atoms with van der Waals surface area (Å²) in [6, 6.07) is 5.17. The van der Waals surface area contributed by atoms with Gasteiger partial charge >= 0.3 is 11.8 Å². The number of methoxy groups -OCH3 is 1. The highest BCUT2D eigenvalue weighted by Crippen LogP contribution is 2.50. The number of benzene rings is 1. The maximum Gasteiger partial charge on any atom is 0.410 e. The van der Waals surface area contributed by atoms with Gasteiger partial charge in [0.2, 0.25) is 0 Å². The predicted octanol–water partition coefficient (Wildman–Crippen LogP) is 3.80. The van der Waals surface area contributed by atoms with Crippen LogP contribution in [0, 0.1) is 15.5 Å². The summed E-state index contributed by atoms with van der Waals surface area (Å²) in [6.07, 6.45) is 2.42. The molecule has 0 bridgehead atoms. The zero-order valence-electron chi connectivity index (χ0n) is 16.3. The summed E-state index contributed by atoms with van der Waals surface area (Å²) < 4.78 is 10.6. The van der Waals surface area contributed by atoms with Gasteiger partial charge in [-0.25, -0.2) is 4.79 Å². The Morgan fingerprint density at radius 1 is 1.37 bits per heavy atom. The van der Waals surface area contributed by atoms with Crippen molar-refractivity contribution in [3.8, 4) is 5.75 Å². The van der Waals surface area contributed by atoms with E-state index in [1.165, 1.54) is 7.11 Å². The number of para-hydroxylation sites is 1. The van der Waals surface area contributed by atoms with Crippen LogP contribution in [0.4, 0.5) is 16.2 Å². The molecule has 27 heavy (non-hydrogen) atoms. The van der Waals surface area contributed by atoms with Gasteiger partial charge in [0.25, 0.3) is 0 Å². The van der Waals surface area contributed by atoms with Gasteiger partial charge in [0.15, 0.2) is 5.75 Å². The number of nitro benzene ring substituents is 1. The van der Waals surface area contributed by atoms with E-state index < -0.39 is 10.5 Å². The Balaban J connectivity index is 1.60. The van der Waals surface area contributed by atoms with E-state index in [0.29, 0.717) is 18.8 Å². The van der Waals surface area contributed by atoms with E-state index >= 15 is 0 Å². The first-order chi connectivity index (χ1) is 12.6. The lowest BCUT2D eigenvalue weighted by Gasteiger charge is -2.45. The summed E-state index contributed by atoms with van der Waals surface area (Å²) >= 11 is 0. The summed E-state index contributed by atoms with van der Waals surface area (Å²) in [5.74, 6) is 0.246. The third-order valence-corrected chi connectivity index (χ3v) is 5.21. The summed E-state index contributed by atoms with van der Waals surface area (Å²) in [5.41, 5.74) is 0.0216. The summed E-state index contributed by atoms with van der Waals surface area (Å²) in [7, 11) is 1.42. The number of rotatable bonds is 4.